The fraction of sp³-hybridized carbons (Fsp3) is 0.269. The number of aryl methyl sites for hydroxylation is 1. The zero-order valence-electron chi connectivity index (χ0n) is 19.8. The summed E-state index contributed by atoms with van der Waals surface area (Å²) in [7, 11) is 1.94. The first-order chi connectivity index (χ1) is 17.5. The number of benzene rings is 1. The highest BCUT2D eigenvalue weighted by Crippen LogP contribution is 2.38. The molecule has 7 nitrogen and oxygen atoms in total. The van der Waals surface area contributed by atoms with Gasteiger partial charge in [0.15, 0.2) is 5.16 Å². The maximum absolute atomic E-state index is 9.74. The molecule has 0 bridgehead atoms. The molecule has 36 heavy (non-hydrogen) atoms. The lowest BCUT2D eigenvalue weighted by atomic mass is 10.2. The number of halogens is 1. The largest absolute Gasteiger partial charge is 0.379 e. The van der Waals surface area contributed by atoms with Gasteiger partial charge in [-0.15, -0.1) is 11.3 Å². The number of hydrogen-bond acceptors (Lipinski definition) is 8. The van der Waals surface area contributed by atoms with Crippen molar-refractivity contribution in [2.75, 3.05) is 31.6 Å². The molecule has 3 aromatic heterocycles. The van der Waals surface area contributed by atoms with E-state index in [1.54, 1.807) is 12.4 Å². The molecule has 0 aliphatic carbocycles. The minimum Gasteiger partial charge on any atom is -0.379 e. The quantitative estimate of drug-likeness (QED) is 0.338. The molecule has 10 heteroatoms. The molecule has 0 radical (unpaired) electrons. The molecular formula is C26H23ClN6OS2. The summed E-state index contributed by atoms with van der Waals surface area (Å²) in [6.45, 7) is 5.40. The second-order valence-corrected chi connectivity index (χ2v) is 10.7. The van der Waals surface area contributed by atoms with Gasteiger partial charge in [-0.3, -0.25) is 9.88 Å². The summed E-state index contributed by atoms with van der Waals surface area (Å²) in [5.41, 5.74) is 2.77. The number of ether oxygens (including phenoxy) is 1. The lowest BCUT2D eigenvalue weighted by molar-refractivity contribution is 0.0302. The predicted molar refractivity (Wildman–Crippen MR) is 145 cm³/mol. The van der Waals surface area contributed by atoms with E-state index in [-0.39, 0.29) is 6.04 Å². The fourth-order valence-corrected chi connectivity index (χ4v) is 5.92. The first-order valence-corrected chi connectivity index (χ1v) is 13.4. The van der Waals surface area contributed by atoms with Crippen LogP contribution in [0.4, 0.5) is 11.4 Å². The Bertz CT molecular complexity index is 1510. The SMILES string of the molecule is CC(C#Cc1cc2ncc(C#N)c(Nc3ccc(Sc4nccn4C)c(Cl)c3)c2s1)N1CCOCC1. The summed E-state index contributed by atoms with van der Waals surface area (Å²) in [5.74, 6) is 6.66. The maximum atomic E-state index is 9.74. The van der Waals surface area contributed by atoms with Gasteiger partial charge in [0.2, 0.25) is 0 Å². The van der Waals surface area contributed by atoms with E-state index in [1.165, 1.54) is 23.1 Å². The lowest BCUT2D eigenvalue weighted by Crippen LogP contribution is -2.41. The van der Waals surface area contributed by atoms with E-state index in [1.807, 2.05) is 42.1 Å². The highest BCUT2D eigenvalue weighted by atomic mass is 35.5. The molecule has 1 aromatic carbocycles. The number of fused-ring (bicyclic) bond motifs is 1. The van der Waals surface area contributed by atoms with E-state index in [2.05, 4.69) is 45.0 Å². The third-order valence-electron chi connectivity index (χ3n) is 5.84. The maximum Gasteiger partial charge on any atom is 0.172 e. The van der Waals surface area contributed by atoms with Crippen LogP contribution in [0.2, 0.25) is 5.02 Å². The van der Waals surface area contributed by atoms with Crippen molar-refractivity contribution in [1.82, 2.24) is 19.4 Å². The van der Waals surface area contributed by atoms with Crippen LogP contribution in [-0.2, 0) is 11.8 Å². The van der Waals surface area contributed by atoms with Crippen LogP contribution in [0.5, 0.6) is 0 Å². The third-order valence-corrected chi connectivity index (χ3v) is 8.47. The smallest absolute Gasteiger partial charge is 0.172 e. The van der Waals surface area contributed by atoms with E-state index in [9.17, 15) is 5.26 Å². The van der Waals surface area contributed by atoms with Crippen LogP contribution in [0.3, 0.4) is 0 Å². The summed E-state index contributed by atoms with van der Waals surface area (Å²) in [6, 6.07) is 10.1. The standard InChI is InChI=1S/C26H23ClN6OS2/c1-17(33-9-11-34-12-10-33)3-5-20-14-22-25(35-20)24(18(15-28)16-30-22)31-19-4-6-23(21(27)13-19)36-26-29-7-8-32(26)2/h4,6-8,13-14,16-17H,9-12H2,1-2H3,(H,30,31). The molecule has 1 aliphatic rings. The molecule has 1 saturated heterocycles. The van der Waals surface area contributed by atoms with Gasteiger partial charge in [0.1, 0.15) is 6.07 Å². The summed E-state index contributed by atoms with van der Waals surface area (Å²) in [5, 5.41) is 14.6. The molecule has 182 valence electrons. The topological polar surface area (TPSA) is 79.0 Å². The zero-order chi connectivity index (χ0) is 25.1. The van der Waals surface area contributed by atoms with Crippen LogP contribution >= 0.6 is 34.7 Å². The number of rotatable bonds is 5. The normalized spacial score (nSPS) is 14.7. The monoisotopic (exact) mass is 534 g/mol. The molecule has 1 N–H and O–H groups in total. The van der Waals surface area contributed by atoms with Crippen molar-refractivity contribution < 1.29 is 4.74 Å². The first kappa shape index (κ1) is 24.6. The van der Waals surface area contributed by atoms with Crippen molar-refractivity contribution in [1.29, 1.82) is 5.26 Å². The number of hydrogen-bond donors (Lipinski definition) is 1. The Balaban J connectivity index is 1.40. The van der Waals surface area contributed by atoms with Crippen molar-refractivity contribution in [2.45, 2.75) is 23.0 Å². The summed E-state index contributed by atoms with van der Waals surface area (Å²) >= 11 is 9.63. The second-order valence-electron chi connectivity index (χ2n) is 8.27. The van der Waals surface area contributed by atoms with E-state index >= 15 is 0 Å². The average molecular weight is 535 g/mol. The van der Waals surface area contributed by atoms with Gasteiger partial charge in [0.05, 0.1) is 50.6 Å². The zero-order valence-corrected chi connectivity index (χ0v) is 22.2. The number of pyridine rings is 1. The predicted octanol–water partition coefficient (Wildman–Crippen LogP) is 5.52. The minimum atomic E-state index is 0.142. The molecule has 4 aromatic rings. The molecular weight excluding hydrogens is 512 g/mol. The minimum absolute atomic E-state index is 0.142. The molecule has 1 atom stereocenters. The van der Waals surface area contributed by atoms with Gasteiger partial charge in [-0.25, -0.2) is 4.98 Å². The van der Waals surface area contributed by atoms with Crippen molar-refractivity contribution in [3.05, 3.63) is 58.3 Å². The molecule has 1 unspecified atom stereocenters. The molecule has 0 amide bonds. The second kappa shape index (κ2) is 10.9. The van der Waals surface area contributed by atoms with Gasteiger partial charge in [-0.1, -0.05) is 35.2 Å². The Kier molecular flexibility index (Phi) is 7.47. The number of nitriles is 1. The van der Waals surface area contributed by atoms with Gasteiger partial charge in [-0.05, 0) is 31.2 Å². The van der Waals surface area contributed by atoms with E-state index in [0.29, 0.717) is 16.3 Å². The van der Waals surface area contributed by atoms with Crippen LogP contribution in [0.1, 0.15) is 17.4 Å². The number of anilines is 2. The summed E-state index contributed by atoms with van der Waals surface area (Å²) in [6.07, 6.45) is 5.25. The van der Waals surface area contributed by atoms with Crippen LogP contribution < -0.4 is 5.32 Å². The van der Waals surface area contributed by atoms with E-state index in [0.717, 1.165) is 57.1 Å². The number of thiophene rings is 1. The van der Waals surface area contributed by atoms with Crippen molar-refractivity contribution >= 4 is 56.3 Å². The van der Waals surface area contributed by atoms with E-state index < -0.39 is 0 Å². The Hall–Kier alpha value is -3.05. The Morgan fingerprint density at radius 3 is 2.81 bits per heavy atom. The van der Waals surface area contributed by atoms with Gasteiger partial charge >= 0.3 is 0 Å². The average Bonchev–Trinajstić information content (AvgIpc) is 3.50. The molecule has 1 aliphatic heterocycles. The number of imidazole rings is 1. The molecule has 5 rings (SSSR count). The number of aromatic nitrogens is 3. The van der Waals surface area contributed by atoms with Crippen LogP contribution in [0, 0.1) is 23.2 Å². The summed E-state index contributed by atoms with van der Waals surface area (Å²) < 4.78 is 8.27. The summed E-state index contributed by atoms with van der Waals surface area (Å²) in [4.78, 5) is 13.0. The number of nitrogens with zero attached hydrogens (tertiary/aromatic N) is 5. The fourth-order valence-electron chi connectivity index (χ4n) is 3.83. The first-order valence-electron chi connectivity index (χ1n) is 11.4. The van der Waals surface area contributed by atoms with Gasteiger partial charge in [0.25, 0.3) is 0 Å². The van der Waals surface area contributed by atoms with Crippen LogP contribution in [0.15, 0.2) is 52.9 Å². The van der Waals surface area contributed by atoms with Crippen molar-refractivity contribution in [3.63, 3.8) is 0 Å². The van der Waals surface area contributed by atoms with Crippen molar-refractivity contribution in [3.8, 4) is 17.9 Å². The molecule has 0 saturated carbocycles. The highest BCUT2D eigenvalue weighted by molar-refractivity contribution is 7.99. The van der Waals surface area contributed by atoms with Crippen LogP contribution in [0.25, 0.3) is 10.2 Å². The highest BCUT2D eigenvalue weighted by Gasteiger charge is 2.16. The molecule has 1 fully saturated rings. The Labute approximate surface area is 223 Å². The Morgan fingerprint density at radius 2 is 2.08 bits per heavy atom. The third kappa shape index (κ3) is 5.36. The Morgan fingerprint density at radius 1 is 1.25 bits per heavy atom. The lowest BCUT2D eigenvalue weighted by Gasteiger charge is -2.29. The van der Waals surface area contributed by atoms with Crippen molar-refractivity contribution in [2.24, 2.45) is 7.05 Å². The number of nitrogens with one attached hydrogen (secondary N) is 1. The van der Waals surface area contributed by atoms with Gasteiger partial charge in [-0.2, -0.15) is 5.26 Å². The van der Waals surface area contributed by atoms with Gasteiger partial charge < -0.3 is 14.6 Å². The molecule has 0 spiro atoms. The van der Waals surface area contributed by atoms with E-state index in [4.69, 9.17) is 16.3 Å². The van der Waals surface area contributed by atoms with Crippen LogP contribution in [-0.4, -0.2) is 51.8 Å². The van der Waals surface area contributed by atoms with Gasteiger partial charge in [0, 0.05) is 49.3 Å². The number of morpholine rings is 1. The molecule has 4 heterocycles.